The Labute approximate surface area is 83.4 Å². The van der Waals surface area contributed by atoms with E-state index in [1.165, 1.54) is 6.92 Å². The van der Waals surface area contributed by atoms with Crippen molar-refractivity contribution in [3.63, 3.8) is 0 Å². The summed E-state index contributed by atoms with van der Waals surface area (Å²) >= 11 is 0. The van der Waals surface area contributed by atoms with E-state index in [0.717, 1.165) is 25.7 Å². The van der Waals surface area contributed by atoms with Gasteiger partial charge in [-0.25, -0.2) is 0 Å². The number of hydrogen-bond donors (Lipinski definition) is 0. The Kier molecular flexibility index (Phi) is 2.42. The normalized spacial score (nSPS) is 36.4. The molecule has 0 N–H and O–H groups in total. The highest BCUT2D eigenvalue weighted by Crippen LogP contribution is 2.38. The molecule has 4 nitrogen and oxygen atoms in total. The van der Waals surface area contributed by atoms with Gasteiger partial charge in [0, 0.05) is 24.9 Å². The minimum absolute atomic E-state index is 0.152. The van der Waals surface area contributed by atoms with Gasteiger partial charge in [0.15, 0.2) is 0 Å². The highest BCUT2D eigenvalue weighted by molar-refractivity contribution is 5.65. The second kappa shape index (κ2) is 3.58. The standard InChI is InChI=1S/C10H14N2O2/c1-7(13)14-12-9-2-3-10(12)5-8(4-9)6-11/h8-10H,2-5H2,1H3. The topological polar surface area (TPSA) is 53.3 Å². The van der Waals surface area contributed by atoms with Crippen molar-refractivity contribution in [3.05, 3.63) is 0 Å². The smallest absolute Gasteiger partial charge is 0.322 e. The summed E-state index contributed by atoms with van der Waals surface area (Å²) in [7, 11) is 0. The van der Waals surface area contributed by atoms with E-state index in [0.29, 0.717) is 0 Å². The molecule has 2 saturated heterocycles. The molecule has 2 unspecified atom stereocenters. The lowest BCUT2D eigenvalue weighted by Crippen LogP contribution is -2.43. The van der Waals surface area contributed by atoms with Crippen molar-refractivity contribution in [2.75, 3.05) is 0 Å². The summed E-state index contributed by atoms with van der Waals surface area (Å²) in [6.45, 7) is 1.43. The van der Waals surface area contributed by atoms with Crippen molar-refractivity contribution in [1.82, 2.24) is 5.06 Å². The maximum Gasteiger partial charge on any atom is 0.322 e. The molecule has 0 aliphatic carbocycles. The average Bonchev–Trinajstić information content (AvgIpc) is 2.38. The van der Waals surface area contributed by atoms with Crippen LogP contribution in [0, 0.1) is 17.2 Å². The number of hydroxylamine groups is 2. The summed E-state index contributed by atoms with van der Waals surface area (Å²) in [5, 5.41) is 10.7. The molecule has 4 heteroatoms. The Morgan fingerprint density at radius 2 is 2.00 bits per heavy atom. The Morgan fingerprint density at radius 1 is 1.43 bits per heavy atom. The van der Waals surface area contributed by atoms with E-state index >= 15 is 0 Å². The number of fused-ring (bicyclic) bond motifs is 2. The van der Waals surface area contributed by atoms with Crippen molar-refractivity contribution in [1.29, 1.82) is 5.26 Å². The van der Waals surface area contributed by atoms with Gasteiger partial charge in [-0.2, -0.15) is 5.26 Å². The summed E-state index contributed by atoms with van der Waals surface area (Å²) < 4.78 is 0. The summed E-state index contributed by atoms with van der Waals surface area (Å²) in [5.41, 5.74) is 0. The first kappa shape index (κ1) is 9.47. The fourth-order valence-electron chi connectivity index (χ4n) is 2.54. The molecule has 0 amide bonds. The Hall–Kier alpha value is -1.08. The third kappa shape index (κ3) is 1.60. The van der Waals surface area contributed by atoms with Crippen LogP contribution in [0.4, 0.5) is 0 Å². The van der Waals surface area contributed by atoms with Crippen LogP contribution in [0.3, 0.4) is 0 Å². The van der Waals surface area contributed by atoms with E-state index in [2.05, 4.69) is 6.07 Å². The van der Waals surface area contributed by atoms with Crippen LogP contribution in [0.2, 0.25) is 0 Å². The van der Waals surface area contributed by atoms with E-state index < -0.39 is 0 Å². The maximum atomic E-state index is 10.9. The second-order valence-electron chi connectivity index (χ2n) is 4.13. The molecule has 2 rings (SSSR count). The highest BCUT2D eigenvalue weighted by atomic mass is 16.7. The van der Waals surface area contributed by atoms with Gasteiger partial charge >= 0.3 is 5.97 Å². The number of nitrogens with zero attached hydrogens (tertiary/aromatic N) is 2. The molecule has 2 fully saturated rings. The van der Waals surface area contributed by atoms with Gasteiger partial charge in [0.25, 0.3) is 0 Å². The van der Waals surface area contributed by atoms with Crippen molar-refractivity contribution >= 4 is 5.97 Å². The predicted octanol–water partition coefficient (Wildman–Crippen LogP) is 1.23. The fraction of sp³-hybridized carbons (Fsp3) is 0.800. The zero-order valence-electron chi connectivity index (χ0n) is 8.27. The van der Waals surface area contributed by atoms with Crippen LogP contribution in [0.1, 0.15) is 32.6 Å². The van der Waals surface area contributed by atoms with Crippen LogP contribution in [0.5, 0.6) is 0 Å². The average molecular weight is 194 g/mol. The number of nitriles is 1. The van der Waals surface area contributed by atoms with Crippen molar-refractivity contribution < 1.29 is 9.63 Å². The van der Waals surface area contributed by atoms with Crippen LogP contribution >= 0.6 is 0 Å². The van der Waals surface area contributed by atoms with Crippen molar-refractivity contribution in [3.8, 4) is 6.07 Å². The minimum atomic E-state index is -0.252. The molecule has 76 valence electrons. The molecular formula is C10H14N2O2. The Morgan fingerprint density at radius 3 is 2.43 bits per heavy atom. The van der Waals surface area contributed by atoms with Crippen LogP contribution in [-0.2, 0) is 9.63 Å². The first-order valence-corrected chi connectivity index (χ1v) is 5.07. The van der Waals surface area contributed by atoms with E-state index in [-0.39, 0.29) is 24.0 Å². The van der Waals surface area contributed by atoms with Gasteiger partial charge in [-0.05, 0) is 25.7 Å². The third-order valence-electron chi connectivity index (χ3n) is 3.08. The summed E-state index contributed by atoms with van der Waals surface area (Å²) in [5.74, 6) is -0.100. The Balaban J connectivity index is 2.03. The number of rotatable bonds is 1. The molecule has 0 spiro atoms. The zero-order valence-corrected chi connectivity index (χ0v) is 8.27. The van der Waals surface area contributed by atoms with Crippen LogP contribution < -0.4 is 0 Å². The lowest BCUT2D eigenvalue weighted by molar-refractivity contribution is -0.211. The fourth-order valence-corrected chi connectivity index (χ4v) is 2.54. The molecule has 2 bridgehead atoms. The zero-order chi connectivity index (χ0) is 10.1. The van der Waals surface area contributed by atoms with Crippen LogP contribution in [-0.4, -0.2) is 23.1 Å². The molecule has 0 aromatic rings. The third-order valence-corrected chi connectivity index (χ3v) is 3.08. The van der Waals surface area contributed by atoms with Gasteiger partial charge in [-0.3, -0.25) is 4.79 Å². The van der Waals surface area contributed by atoms with Gasteiger partial charge in [0.1, 0.15) is 0 Å². The van der Waals surface area contributed by atoms with Crippen molar-refractivity contribution in [2.45, 2.75) is 44.7 Å². The number of piperidine rings is 1. The lowest BCUT2D eigenvalue weighted by Gasteiger charge is -2.34. The second-order valence-corrected chi connectivity index (χ2v) is 4.13. The van der Waals surface area contributed by atoms with Crippen LogP contribution in [0.25, 0.3) is 0 Å². The SMILES string of the molecule is CC(=O)ON1C2CCC1CC(C#N)C2. The van der Waals surface area contributed by atoms with Gasteiger partial charge in [0.05, 0.1) is 6.07 Å². The van der Waals surface area contributed by atoms with Crippen molar-refractivity contribution in [2.24, 2.45) is 5.92 Å². The summed E-state index contributed by atoms with van der Waals surface area (Å²) in [6, 6.07) is 2.87. The molecule has 2 atom stereocenters. The summed E-state index contributed by atoms with van der Waals surface area (Å²) in [4.78, 5) is 16.0. The molecule has 2 heterocycles. The van der Waals surface area contributed by atoms with Gasteiger partial charge in [0.2, 0.25) is 0 Å². The number of carbonyl (C=O) groups is 1. The van der Waals surface area contributed by atoms with Gasteiger partial charge < -0.3 is 4.84 Å². The van der Waals surface area contributed by atoms with Gasteiger partial charge in [-0.15, -0.1) is 5.06 Å². The highest BCUT2D eigenvalue weighted by Gasteiger charge is 2.42. The predicted molar refractivity (Wildman–Crippen MR) is 48.8 cm³/mol. The van der Waals surface area contributed by atoms with Gasteiger partial charge in [-0.1, -0.05) is 0 Å². The summed E-state index contributed by atoms with van der Waals surface area (Å²) in [6.07, 6.45) is 3.80. The van der Waals surface area contributed by atoms with Crippen LogP contribution in [0.15, 0.2) is 0 Å². The molecule has 0 radical (unpaired) electrons. The molecule has 14 heavy (non-hydrogen) atoms. The molecule has 2 aliphatic rings. The first-order chi connectivity index (χ1) is 6.70. The molecule has 0 aromatic carbocycles. The minimum Gasteiger partial charge on any atom is -0.368 e. The van der Waals surface area contributed by atoms with E-state index in [9.17, 15) is 4.79 Å². The Bertz CT molecular complexity index is 270. The first-order valence-electron chi connectivity index (χ1n) is 5.07. The van der Waals surface area contributed by atoms with E-state index in [4.69, 9.17) is 10.1 Å². The largest absolute Gasteiger partial charge is 0.368 e. The quantitative estimate of drug-likeness (QED) is 0.630. The molecule has 0 aromatic heterocycles. The molecular weight excluding hydrogens is 180 g/mol. The number of carbonyl (C=O) groups excluding carboxylic acids is 1. The number of hydrogen-bond acceptors (Lipinski definition) is 4. The van der Waals surface area contributed by atoms with E-state index in [1.807, 2.05) is 5.06 Å². The lowest BCUT2D eigenvalue weighted by atomic mass is 9.94. The van der Waals surface area contributed by atoms with E-state index in [1.54, 1.807) is 0 Å². The molecule has 2 aliphatic heterocycles. The monoisotopic (exact) mass is 194 g/mol. The molecule has 0 saturated carbocycles. The maximum absolute atomic E-state index is 10.9.